The van der Waals surface area contributed by atoms with Crippen molar-refractivity contribution in [3.63, 3.8) is 0 Å². The molecule has 118 valence electrons. The molecule has 1 unspecified atom stereocenters. The van der Waals surface area contributed by atoms with Crippen LogP contribution < -0.4 is 15.4 Å². The third kappa shape index (κ3) is 5.94. The van der Waals surface area contributed by atoms with Crippen LogP contribution in [-0.2, 0) is 6.42 Å². The molecule has 6 heteroatoms. The molecule has 1 atom stereocenters. The van der Waals surface area contributed by atoms with Crippen molar-refractivity contribution in [2.24, 2.45) is 4.99 Å². The summed E-state index contributed by atoms with van der Waals surface area (Å²) in [6, 6.07) is 8.22. The lowest BCUT2D eigenvalue weighted by atomic mass is 10.1. The highest BCUT2D eigenvalue weighted by atomic mass is 127. The minimum atomic E-state index is 0. The summed E-state index contributed by atoms with van der Waals surface area (Å²) < 4.78 is 5.89. The molecule has 4 nitrogen and oxygen atoms in total. The van der Waals surface area contributed by atoms with E-state index in [0.29, 0.717) is 6.54 Å². The molecule has 0 amide bonds. The van der Waals surface area contributed by atoms with Crippen LogP contribution in [0.1, 0.15) is 12.5 Å². The Hall–Kier alpha value is -0.630. The Bertz CT molecular complexity index is 431. The van der Waals surface area contributed by atoms with Crippen molar-refractivity contribution in [1.29, 1.82) is 0 Å². The maximum absolute atomic E-state index is 5.89. The molecule has 0 aliphatic carbocycles. The molecule has 0 aromatic heterocycles. The zero-order valence-corrected chi connectivity index (χ0v) is 15.7. The van der Waals surface area contributed by atoms with Gasteiger partial charge in [0.1, 0.15) is 11.9 Å². The number of nitrogens with zero attached hydrogens (tertiary/aromatic N) is 1. The van der Waals surface area contributed by atoms with Crippen LogP contribution in [0.2, 0.25) is 0 Å². The minimum Gasteiger partial charge on any atom is -0.488 e. The first-order valence-corrected chi connectivity index (χ1v) is 8.48. The Morgan fingerprint density at radius 3 is 2.90 bits per heavy atom. The maximum Gasteiger partial charge on any atom is 0.191 e. The number of aliphatic imine (C=N–C) groups is 1. The van der Waals surface area contributed by atoms with E-state index >= 15 is 0 Å². The number of benzene rings is 1. The van der Waals surface area contributed by atoms with Crippen molar-refractivity contribution in [2.75, 3.05) is 31.6 Å². The molecule has 1 aliphatic heterocycles. The molecule has 1 aromatic carbocycles. The largest absolute Gasteiger partial charge is 0.488 e. The van der Waals surface area contributed by atoms with Crippen LogP contribution >= 0.6 is 35.7 Å². The molecule has 0 saturated carbocycles. The normalized spacial score (nSPS) is 16.7. The van der Waals surface area contributed by atoms with Gasteiger partial charge in [-0.05, 0) is 24.8 Å². The predicted molar refractivity (Wildman–Crippen MR) is 102 cm³/mol. The van der Waals surface area contributed by atoms with E-state index in [4.69, 9.17) is 4.74 Å². The van der Waals surface area contributed by atoms with Gasteiger partial charge in [0.25, 0.3) is 0 Å². The number of halogens is 1. The van der Waals surface area contributed by atoms with E-state index in [-0.39, 0.29) is 30.1 Å². The van der Waals surface area contributed by atoms with Gasteiger partial charge >= 0.3 is 0 Å². The van der Waals surface area contributed by atoms with Gasteiger partial charge in [-0.15, -0.1) is 24.0 Å². The van der Waals surface area contributed by atoms with Crippen LogP contribution in [0.5, 0.6) is 5.75 Å². The summed E-state index contributed by atoms with van der Waals surface area (Å²) in [5.41, 5.74) is 1.29. The van der Waals surface area contributed by atoms with Gasteiger partial charge < -0.3 is 15.4 Å². The number of ether oxygens (including phenoxy) is 1. The van der Waals surface area contributed by atoms with Crippen LogP contribution in [0.4, 0.5) is 0 Å². The first-order chi connectivity index (χ1) is 9.83. The monoisotopic (exact) mass is 421 g/mol. The predicted octanol–water partition coefficient (Wildman–Crippen LogP) is 2.53. The van der Waals surface area contributed by atoms with Crippen molar-refractivity contribution in [3.05, 3.63) is 29.8 Å². The standard InChI is InChI=1S/C15H23N3OS.HI/c1-3-16-15(17-8-9-20-2)18-11-13-10-12-6-4-5-7-14(12)19-13;/h4-7,13H,3,8-11H2,1-2H3,(H2,16,17,18);1H. The fourth-order valence-electron chi connectivity index (χ4n) is 2.16. The van der Waals surface area contributed by atoms with E-state index in [2.05, 4.69) is 40.9 Å². The van der Waals surface area contributed by atoms with E-state index < -0.39 is 0 Å². The van der Waals surface area contributed by atoms with E-state index in [9.17, 15) is 0 Å². The Labute approximate surface area is 148 Å². The van der Waals surface area contributed by atoms with Gasteiger partial charge in [0, 0.05) is 25.3 Å². The topological polar surface area (TPSA) is 45.7 Å². The van der Waals surface area contributed by atoms with E-state index in [1.165, 1.54) is 5.56 Å². The molecular weight excluding hydrogens is 397 g/mol. The summed E-state index contributed by atoms with van der Waals surface area (Å²) in [7, 11) is 0. The van der Waals surface area contributed by atoms with Crippen molar-refractivity contribution in [1.82, 2.24) is 10.6 Å². The second-order valence-electron chi connectivity index (χ2n) is 4.69. The molecule has 1 aromatic rings. The first-order valence-electron chi connectivity index (χ1n) is 7.09. The summed E-state index contributed by atoms with van der Waals surface area (Å²) in [6.07, 6.45) is 3.21. The van der Waals surface area contributed by atoms with Crippen LogP contribution in [0, 0.1) is 0 Å². The molecular formula is C15H24IN3OS. The van der Waals surface area contributed by atoms with Crippen LogP contribution in [0.25, 0.3) is 0 Å². The van der Waals surface area contributed by atoms with E-state index in [1.54, 1.807) is 0 Å². The van der Waals surface area contributed by atoms with E-state index in [0.717, 1.165) is 37.0 Å². The van der Waals surface area contributed by atoms with Gasteiger partial charge in [0.2, 0.25) is 0 Å². The molecule has 0 spiro atoms. The van der Waals surface area contributed by atoms with Crippen LogP contribution in [0.3, 0.4) is 0 Å². The fraction of sp³-hybridized carbons (Fsp3) is 0.533. The van der Waals surface area contributed by atoms with Gasteiger partial charge in [-0.25, -0.2) is 4.99 Å². The van der Waals surface area contributed by atoms with Gasteiger partial charge in [-0.1, -0.05) is 18.2 Å². The molecule has 2 N–H and O–H groups in total. The molecule has 0 radical (unpaired) electrons. The third-order valence-corrected chi connectivity index (χ3v) is 3.72. The summed E-state index contributed by atoms with van der Waals surface area (Å²) in [4.78, 5) is 4.61. The number of hydrogen-bond donors (Lipinski definition) is 2. The number of thioether (sulfide) groups is 1. The molecule has 0 fully saturated rings. The van der Waals surface area contributed by atoms with Crippen molar-refractivity contribution < 1.29 is 4.74 Å². The average Bonchev–Trinajstić information content (AvgIpc) is 2.87. The fourth-order valence-corrected chi connectivity index (χ4v) is 2.47. The highest BCUT2D eigenvalue weighted by Gasteiger charge is 2.21. The molecule has 1 aliphatic rings. The lowest BCUT2D eigenvalue weighted by Crippen LogP contribution is -2.39. The van der Waals surface area contributed by atoms with E-state index in [1.807, 2.05) is 23.9 Å². The highest BCUT2D eigenvalue weighted by Crippen LogP contribution is 2.28. The Morgan fingerprint density at radius 2 is 2.19 bits per heavy atom. The van der Waals surface area contributed by atoms with Crippen LogP contribution in [0.15, 0.2) is 29.3 Å². The Kier molecular flexibility index (Phi) is 8.91. The number of hydrogen-bond acceptors (Lipinski definition) is 3. The van der Waals surface area contributed by atoms with Crippen molar-refractivity contribution in [3.8, 4) is 5.75 Å². The van der Waals surface area contributed by atoms with Gasteiger partial charge in [0.15, 0.2) is 5.96 Å². The number of nitrogens with one attached hydrogen (secondary N) is 2. The maximum atomic E-state index is 5.89. The third-order valence-electron chi connectivity index (χ3n) is 3.11. The van der Waals surface area contributed by atoms with Gasteiger partial charge in [-0.3, -0.25) is 0 Å². The Morgan fingerprint density at radius 1 is 1.38 bits per heavy atom. The zero-order chi connectivity index (χ0) is 14.2. The second-order valence-corrected chi connectivity index (χ2v) is 5.68. The molecule has 0 saturated heterocycles. The highest BCUT2D eigenvalue weighted by molar-refractivity contribution is 14.0. The molecule has 1 heterocycles. The minimum absolute atomic E-state index is 0. The molecule has 21 heavy (non-hydrogen) atoms. The quantitative estimate of drug-likeness (QED) is 0.321. The summed E-state index contributed by atoms with van der Waals surface area (Å²) in [5.74, 6) is 2.96. The Balaban J connectivity index is 0.00000220. The van der Waals surface area contributed by atoms with Crippen molar-refractivity contribution in [2.45, 2.75) is 19.4 Å². The lowest BCUT2D eigenvalue weighted by Gasteiger charge is -2.12. The smallest absolute Gasteiger partial charge is 0.191 e. The molecule has 2 rings (SSSR count). The lowest BCUT2D eigenvalue weighted by molar-refractivity contribution is 0.241. The van der Waals surface area contributed by atoms with Crippen molar-refractivity contribution >= 4 is 41.7 Å². The van der Waals surface area contributed by atoms with Crippen LogP contribution in [-0.4, -0.2) is 43.7 Å². The summed E-state index contributed by atoms with van der Waals surface area (Å²) in [5, 5.41) is 6.59. The number of para-hydroxylation sites is 1. The zero-order valence-electron chi connectivity index (χ0n) is 12.6. The van der Waals surface area contributed by atoms with Gasteiger partial charge in [-0.2, -0.15) is 11.8 Å². The SMILES string of the molecule is CCNC(=NCC1Cc2ccccc2O1)NCCSC.I. The number of rotatable bonds is 6. The first kappa shape index (κ1) is 18.4. The summed E-state index contributed by atoms with van der Waals surface area (Å²) in [6.45, 7) is 4.56. The van der Waals surface area contributed by atoms with Gasteiger partial charge in [0.05, 0.1) is 6.54 Å². The summed E-state index contributed by atoms with van der Waals surface area (Å²) >= 11 is 1.83. The second kappa shape index (κ2) is 10.2. The number of guanidine groups is 1. The number of fused-ring (bicyclic) bond motifs is 1. The molecule has 0 bridgehead atoms. The average molecular weight is 421 g/mol.